The van der Waals surface area contributed by atoms with Gasteiger partial charge in [0.1, 0.15) is 0 Å². The lowest BCUT2D eigenvalue weighted by atomic mass is 10.2. The number of rotatable bonds is 7. The molecule has 1 saturated heterocycles. The molecule has 1 aliphatic rings. The lowest BCUT2D eigenvalue weighted by Crippen LogP contribution is -2.42. The lowest BCUT2D eigenvalue weighted by molar-refractivity contribution is -0.135. The van der Waals surface area contributed by atoms with E-state index >= 15 is 0 Å². The van der Waals surface area contributed by atoms with Gasteiger partial charge in [-0.3, -0.25) is 4.79 Å². The maximum atomic E-state index is 12.8. The predicted octanol–water partition coefficient (Wildman–Crippen LogP) is 2.35. The van der Waals surface area contributed by atoms with E-state index in [-0.39, 0.29) is 30.1 Å². The molecule has 140 valence electrons. The van der Waals surface area contributed by atoms with Crippen LogP contribution in [-0.4, -0.2) is 50.5 Å². The molecule has 26 heavy (non-hydrogen) atoms. The Morgan fingerprint density at radius 2 is 2.00 bits per heavy atom. The van der Waals surface area contributed by atoms with Crippen LogP contribution in [0.2, 0.25) is 0 Å². The molecular weight excluding hydrogens is 374 g/mol. The fraction of sp³-hybridized carbons (Fsp3) is 0.389. The number of nitrogens with zero attached hydrogens (tertiary/aromatic N) is 1. The van der Waals surface area contributed by atoms with Crippen LogP contribution >= 0.6 is 11.3 Å². The standard InChI is InChI=1S/C18H21NO5S2/c1-23-16-6-2-3-7-17(16)24-12-18(20)19(11-15-5-4-9-25-15)14-8-10-26(21,22)13-14/h2-7,9,14H,8,10-13H2,1H3/t14-/m0/s1. The minimum atomic E-state index is -3.08. The summed E-state index contributed by atoms with van der Waals surface area (Å²) in [6.07, 6.45) is 0.466. The van der Waals surface area contributed by atoms with Gasteiger partial charge in [0.25, 0.3) is 5.91 Å². The van der Waals surface area contributed by atoms with E-state index in [1.807, 2.05) is 23.6 Å². The summed E-state index contributed by atoms with van der Waals surface area (Å²) in [5, 5.41) is 1.94. The molecule has 6 nitrogen and oxygen atoms in total. The maximum absolute atomic E-state index is 12.8. The van der Waals surface area contributed by atoms with Crippen LogP contribution in [0.1, 0.15) is 11.3 Å². The largest absolute Gasteiger partial charge is 0.493 e. The van der Waals surface area contributed by atoms with Crippen molar-refractivity contribution in [3.8, 4) is 11.5 Å². The molecule has 2 heterocycles. The van der Waals surface area contributed by atoms with E-state index in [1.165, 1.54) is 7.11 Å². The van der Waals surface area contributed by atoms with Gasteiger partial charge in [0.2, 0.25) is 0 Å². The van der Waals surface area contributed by atoms with Gasteiger partial charge in [-0.2, -0.15) is 0 Å². The molecule has 1 atom stereocenters. The van der Waals surface area contributed by atoms with Crippen molar-refractivity contribution in [1.82, 2.24) is 4.90 Å². The highest BCUT2D eigenvalue weighted by Crippen LogP contribution is 2.26. The number of methoxy groups -OCH3 is 1. The third-order valence-electron chi connectivity index (χ3n) is 4.30. The van der Waals surface area contributed by atoms with Crippen molar-refractivity contribution < 1.29 is 22.7 Å². The molecule has 1 aromatic heterocycles. The molecule has 0 unspecified atom stereocenters. The zero-order chi connectivity index (χ0) is 18.6. The van der Waals surface area contributed by atoms with Crippen LogP contribution in [0.4, 0.5) is 0 Å². The molecule has 0 bridgehead atoms. The van der Waals surface area contributed by atoms with Gasteiger partial charge in [0.15, 0.2) is 27.9 Å². The molecule has 1 aromatic carbocycles. The molecular formula is C18H21NO5S2. The van der Waals surface area contributed by atoms with Crippen molar-refractivity contribution >= 4 is 27.1 Å². The van der Waals surface area contributed by atoms with Crippen molar-refractivity contribution in [2.45, 2.75) is 19.0 Å². The number of hydrogen-bond acceptors (Lipinski definition) is 6. The molecule has 0 N–H and O–H groups in total. The Morgan fingerprint density at radius 1 is 1.23 bits per heavy atom. The van der Waals surface area contributed by atoms with Crippen LogP contribution in [0.25, 0.3) is 0 Å². The van der Waals surface area contributed by atoms with E-state index in [0.29, 0.717) is 24.5 Å². The zero-order valence-corrected chi connectivity index (χ0v) is 16.1. The summed E-state index contributed by atoms with van der Waals surface area (Å²) in [5.41, 5.74) is 0. The van der Waals surface area contributed by atoms with E-state index < -0.39 is 9.84 Å². The van der Waals surface area contributed by atoms with Crippen LogP contribution in [-0.2, 0) is 21.2 Å². The highest BCUT2D eigenvalue weighted by Gasteiger charge is 2.35. The van der Waals surface area contributed by atoms with Crippen molar-refractivity contribution in [2.24, 2.45) is 0 Å². The Hall–Kier alpha value is -2.06. The number of hydrogen-bond donors (Lipinski definition) is 0. The molecule has 2 aromatic rings. The van der Waals surface area contributed by atoms with E-state index in [4.69, 9.17) is 9.47 Å². The predicted molar refractivity (Wildman–Crippen MR) is 100 cm³/mol. The van der Waals surface area contributed by atoms with Crippen molar-refractivity contribution in [3.05, 3.63) is 46.7 Å². The Kier molecular flexibility index (Phi) is 5.83. The lowest BCUT2D eigenvalue weighted by Gasteiger charge is -2.28. The molecule has 1 fully saturated rings. The smallest absolute Gasteiger partial charge is 0.261 e. The second kappa shape index (κ2) is 8.09. The number of carbonyl (C=O) groups is 1. The first-order chi connectivity index (χ1) is 12.5. The third-order valence-corrected chi connectivity index (χ3v) is 6.91. The third kappa shape index (κ3) is 4.56. The molecule has 0 radical (unpaired) electrons. The van der Waals surface area contributed by atoms with Crippen LogP contribution < -0.4 is 9.47 Å². The first kappa shape index (κ1) is 18.7. The molecule has 0 saturated carbocycles. The molecule has 1 aliphatic heterocycles. The number of amides is 1. The van der Waals surface area contributed by atoms with Crippen molar-refractivity contribution in [2.75, 3.05) is 25.2 Å². The number of thiophene rings is 1. The zero-order valence-electron chi connectivity index (χ0n) is 14.5. The van der Waals surface area contributed by atoms with Gasteiger partial charge in [-0.05, 0) is 30.0 Å². The van der Waals surface area contributed by atoms with Crippen molar-refractivity contribution in [3.63, 3.8) is 0 Å². The topological polar surface area (TPSA) is 72.9 Å². The van der Waals surface area contributed by atoms with Gasteiger partial charge in [0, 0.05) is 10.9 Å². The van der Waals surface area contributed by atoms with Crippen LogP contribution in [0.5, 0.6) is 11.5 Å². The SMILES string of the molecule is COc1ccccc1OCC(=O)N(Cc1cccs1)[C@H]1CCS(=O)(=O)C1. The summed E-state index contributed by atoms with van der Waals surface area (Å²) in [7, 11) is -1.54. The quantitative estimate of drug-likeness (QED) is 0.720. The maximum Gasteiger partial charge on any atom is 0.261 e. The number of sulfone groups is 1. The van der Waals surface area contributed by atoms with E-state index in [0.717, 1.165) is 4.88 Å². The summed E-state index contributed by atoms with van der Waals surface area (Å²) in [4.78, 5) is 15.5. The van der Waals surface area contributed by atoms with Gasteiger partial charge in [-0.15, -0.1) is 11.3 Å². The second-order valence-electron chi connectivity index (χ2n) is 6.10. The summed E-state index contributed by atoms with van der Waals surface area (Å²) in [6, 6.07) is 10.7. The minimum absolute atomic E-state index is 0.0127. The summed E-state index contributed by atoms with van der Waals surface area (Å²) in [5.74, 6) is 0.941. The summed E-state index contributed by atoms with van der Waals surface area (Å²) >= 11 is 1.54. The number of ether oxygens (including phenoxy) is 2. The molecule has 0 spiro atoms. The number of carbonyl (C=O) groups excluding carboxylic acids is 1. The van der Waals surface area contributed by atoms with Gasteiger partial charge in [-0.1, -0.05) is 18.2 Å². The van der Waals surface area contributed by atoms with Gasteiger partial charge < -0.3 is 14.4 Å². The molecule has 8 heteroatoms. The molecule has 1 amide bonds. The fourth-order valence-corrected chi connectivity index (χ4v) is 5.41. The van der Waals surface area contributed by atoms with E-state index in [2.05, 4.69) is 0 Å². The van der Waals surface area contributed by atoms with Gasteiger partial charge >= 0.3 is 0 Å². The summed E-state index contributed by atoms with van der Waals surface area (Å²) < 4.78 is 34.6. The van der Waals surface area contributed by atoms with E-state index in [9.17, 15) is 13.2 Å². The monoisotopic (exact) mass is 395 g/mol. The number of benzene rings is 1. The highest BCUT2D eigenvalue weighted by molar-refractivity contribution is 7.91. The molecule has 0 aliphatic carbocycles. The van der Waals surface area contributed by atoms with Crippen LogP contribution in [0.15, 0.2) is 41.8 Å². The minimum Gasteiger partial charge on any atom is -0.493 e. The first-order valence-corrected chi connectivity index (χ1v) is 11.0. The first-order valence-electron chi connectivity index (χ1n) is 8.26. The average molecular weight is 396 g/mol. The normalized spacial score (nSPS) is 18.4. The summed E-state index contributed by atoms with van der Waals surface area (Å²) in [6.45, 7) is 0.230. The van der Waals surface area contributed by atoms with Gasteiger partial charge in [0.05, 0.1) is 25.2 Å². The fourth-order valence-electron chi connectivity index (χ4n) is 2.97. The molecule has 3 rings (SSSR count). The van der Waals surface area contributed by atoms with Crippen LogP contribution in [0.3, 0.4) is 0 Å². The number of para-hydroxylation sites is 2. The van der Waals surface area contributed by atoms with E-state index in [1.54, 1.807) is 34.4 Å². The Morgan fingerprint density at radius 3 is 2.62 bits per heavy atom. The van der Waals surface area contributed by atoms with Gasteiger partial charge in [-0.25, -0.2) is 8.42 Å². The Bertz CT molecular complexity index is 848. The highest BCUT2D eigenvalue weighted by atomic mass is 32.2. The van der Waals surface area contributed by atoms with Crippen LogP contribution in [0, 0.1) is 0 Å². The Balaban J connectivity index is 1.72. The Labute approximate surface area is 157 Å². The second-order valence-corrected chi connectivity index (χ2v) is 9.36. The average Bonchev–Trinajstić information content (AvgIpc) is 3.26. The van der Waals surface area contributed by atoms with Crippen molar-refractivity contribution in [1.29, 1.82) is 0 Å².